The summed E-state index contributed by atoms with van der Waals surface area (Å²) in [5.74, 6) is -1.30. The van der Waals surface area contributed by atoms with Crippen molar-refractivity contribution in [2.45, 2.75) is 0 Å². The largest absolute Gasteiger partial charge is 0.454 e. The van der Waals surface area contributed by atoms with Gasteiger partial charge in [-0.05, 0) is 30.3 Å². The Bertz CT molecular complexity index is 630. The summed E-state index contributed by atoms with van der Waals surface area (Å²) < 4.78 is 31.9. The highest BCUT2D eigenvalue weighted by molar-refractivity contribution is 5.97. The molecule has 0 amide bonds. The topological polar surface area (TPSA) is 67.8 Å². The van der Waals surface area contributed by atoms with Crippen LogP contribution < -0.4 is 10.5 Å². The van der Waals surface area contributed by atoms with Gasteiger partial charge in [-0.1, -0.05) is 11.2 Å². The molecule has 0 saturated carbocycles. The quantitative estimate of drug-likeness (QED) is 0.387. The predicted molar refractivity (Wildman–Crippen MR) is 65.4 cm³/mol. The molecule has 2 aromatic carbocycles. The normalized spacial score (nSPS) is 11.4. The maximum atomic E-state index is 13.7. The molecular formula is C13H10F2N2O2. The summed E-state index contributed by atoms with van der Waals surface area (Å²) >= 11 is 0. The number of hydrogen-bond donors (Lipinski definition) is 2. The van der Waals surface area contributed by atoms with Crippen LogP contribution in [0.1, 0.15) is 5.56 Å². The zero-order chi connectivity index (χ0) is 13.8. The molecule has 2 aromatic rings. The van der Waals surface area contributed by atoms with Crippen LogP contribution in [0, 0.1) is 11.6 Å². The van der Waals surface area contributed by atoms with Crippen LogP contribution in [0.5, 0.6) is 11.5 Å². The lowest BCUT2D eigenvalue weighted by Crippen LogP contribution is -2.13. The molecule has 6 heteroatoms. The highest BCUT2D eigenvalue weighted by atomic mass is 19.1. The summed E-state index contributed by atoms with van der Waals surface area (Å²) in [4.78, 5) is 0. The molecule has 4 nitrogen and oxygen atoms in total. The fraction of sp³-hybridized carbons (Fsp3) is 0. The van der Waals surface area contributed by atoms with Gasteiger partial charge in [0.25, 0.3) is 0 Å². The van der Waals surface area contributed by atoms with E-state index in [9.17, 15) is 8.78 Å². The van der Waals surface area contributed by atoms with E-state index in [1.165, 1.54) is 30.3 Å². The molecule has 0 spiro atoms. The first kappa shape index (κ1) is 12.8. The molecule has 0 aliphatic rings. The van der Waals surface area contributed by atoms with Crippen molar-refractivity contribution in [3.05, 3.63) is 59.7 Å². The zero-order valence-corrected chi connectivity index (χ0v) is 9.68. The van der Waals surface area contributed by atoms with Gasteiger partial charge in [0.15, 0.2) is 17.4 Å². The second-order valence-electron chi connectivity index (χ2n) is 3.69. The minimum atomic E-state index is -0.701. The van der Waals surface area contributed by atoms with E-state index >= 15 is 0 Å². The van der Waals surface area contributed by atoms with Crippen LogP contribution >= 0.6 is 0 Å². The first-order valence-electron chi connectivity index (χ1n) is 5.31. The molecule has 98 valence electrons. The van der Waals surface area contributed by atoms with Crippen molar-refractivity contribution < 1.29 is 18.7 Å². The maximum Gasteiger partial charge on any atom is 0.170 e. The van der Waals surface area contributed by atoms with Gasteiger partial charge in [0.1, 0.15) is 11.6 Å². The number of rotatable bonds is 3. The molecule has 19 heavy (non-hydrogen) atoms. The van der Waals surface area contributed by atoms with E-state index in [0.717, 1.165) is 12.1 Å². The van der Waals surface area contributed by atoms with Gasteiger partial charge >= 0.3 is 0 Å². The molecule has 0 aromatic heterocycles. The van der Waals surface area contributed by atoms with Crippen molar-refractivity contribution in [3.63, 3.8) is 0 Å². The van der Waals surface area contributed by atoms with E-state index in [4.69, 9.17) is 15.7 Å². The Morgan fingerprint density at radius 1 is 1.16 bits per heavy atom. The fourth-order valence-corrected chi connectivity index (χ4v) is 1.46. The smallest absolute Gasteiger partial charge is 0.170 e. The van der Waals surface area contributed by atoms with Gasteiger partial charge < -0.3 is 15.7 Å². The van der Waals surface area contributed by atoms with Gasteiger partial charge in [-0.2, -0.15) is 0 Å². The molecule has 3 N–H and O–H groups in total. The van der Waals surface area contributed by atoms with Crippen molar-refractivity contribution in [2.75, 3.05) is 0 Å². The molecule has 0 aliphatic heterocycles. The van der Waals surface area contributed by atoms with E-state index in [2.05, 4.69) is 5.16 Å². The molecule has 2 rings (SSSR count). The Kier molecular flexibility index (Phi) is 3.61. The van der Waals surface area contributed by atoms with Crippen molar-refractivity contribution in [1.82, 2.24) is 0 Å². The SMILES string of the molecule is N/C(=N\O)c1ccc(Oc2cccc(F)c2)c(F)c1. The van der Waals surface area contributed by atoms with Gasteiger partial charge in [-0.3, -0.25) is 0 Å². The van der Waals surface area contributed by atoms with Crippen LogP contribution in [-0.4, -0.2) is 11.0 Å². The molecule has 0 unspecified atom stereocenters. The monoisotopic (exact) mass is 264 g/mol. The minimum Gasteiger partial charge on any atom is -0.454 e. The summed E-state index contributed by atoms with van der Waals surface area (Å²) in [6.07, 6.45) is 0. The number of ether oxygens (including phenoxy) is 1. The van der Waals surface area contributed by atoms with Gasteiger partial charge in [0.2, 0.25) is 0 Å². The molecule has 0 saturated heterocycles. The first-order chi connectivity index (χ1) is 9.10. The Morgan fingerprint density at radius 3 is 2.58 bits per heavy atom. The van der Waals surface area contributed by atoms with E-state index in [0.29, 0.717) is 0 Å². The lowest BCUT2D eigenvalue weighted by Gasteiger charge is -2.08. The number of amidine groups is 1. The Labute approximate surface area is 107 Å². The van der Waals surface area contributed by atoms with Gasteiger partial charge in [-0.25, -0.2) is 8.78 Å². The first-order valence-corrected chi connectivity index (χ1v) is 5.31. The fourth-order valence-electron chi connectivity index (χ4n) is 1.46. The number of nitrogens with zero attached hydrogens (tertiary/aromatic N) is 1. The Hall–Kier alpha value is -2.63. The van der Waals surface area contributed by atoms with Gasteiger partial charge in [0, 0.05) is 11.6 Å². The van der Waals surface area contributed by atoms with Crippen LogP contribution in [0.3, 0.4) is 0 Å². The average molecular weight is 264 g/mol. The van der Waals surface area contributed by atoms with Crippen molar-refractivity contribution in [2.24, 2.45) is 10.9 Å². The lowest BCUT2D eigenvalue weighted by atomic mass is 10.2. The molecule has 0 radical (unpaired) electrons. The predicted octanol–water partition coefficient (Wildman–Crippen LogP) is 2.85. The highest BCUT2D eigenvalue weighted by Crippen LogP contribution is 2.25. The number of oxime groups is 1. The van der Waals surface area contributed by atoms with Gasteiger partial charge in [-0.15, -0.1) is 0 Å². The summed E-state index contributed by atoms with van der Waals surface area (Å²) in [5, 5.41) is 11.2. The molecule has 0 aliphatic carbocycles. The average Bonchev–Trinajstić information content (AvgIpc) is 2.40. The Morgan fingerprint density at radius 2 is 1.95 bits per heavy atom. The van der Waals surface area contributed by atoms with Crippen molar-refractivity contribution in [1.29, 1.82) is 0 Å². The third kappa shape index (κ3) is 2.98. The van der Waals surface area contributed by atoms with E-state index in [1.807, 2.05) is 0 Å². The second-order valence-corrected chi connectivity index (χ2v) is 3.69. The highest BCUT2D eigenvalue weighted by Gasteiger charge is 2.08. The molecule has 0 bridgehead atoms. The van der Waals surface area contributed by atoms with Crippen LogP contribution in [0.25, 0.3) is 0 Å². The molecular weight excluding hydrogens is 254 g/mol. The number of halogens is 2. The number of nitrogens with two attached hydrogens (primary N) is 1. The lowest BCUT2D eigenvalue weighted by molar-refractivity contribution is 0.318. The van der Waals surface area contributed by atoms with Crippen LogP contribution in [0.4, 0.5) is 8.78 Å². The van der Waals surface area contributed by atoms with E-state index < -0.39 is 11.6 Å². The summed E-state index contributed by atoms with van der Waals surface area (Å²) in [7, 11) is 0. The summed E-state index contributed by atoms with van der Waals surface area (Å²) in [6, 6.07) is 9.14. The van der Waals surface area contributed by atoms with Crippen LogP contribution in [-0.2, 0) is 0 Å². The zero-order valence-electron chi connectivity index (χ0n) is 9.68. The third-order valence-electron chi connectivity index (χ3n) is 2.36. The molecule has 0 heterocycles. The van der Waals surface area contributed by atoms with Gasteiger partial charge in [0.05, 0.1) is 0 Å². The number of hydrogen-bond acceptors (Lipinski definition) is 3. The second kappa shape index (κ2) is 5.34. The maximum absolute atomic E-state index is 13.7. The third-order valence-corrected chi connectivity index (χ3v) is 2.36. The molecule has 0 atom stereocenters. The molecule has 0 fully saturated rings. The summed E-state index contributed by atoms with van der Waals surface area (Å²) in [5.41, 5.74) is 5.54. The van der Waals surface area contributed by atoms with Crippen LogP contribution in [0.15, 0.2) is 47.6 Å². The van der Waals surface area contributed by atoms with E-state index in [1.54, 1.807) is 0 Å². The summed E-state index contributed by atoms with van der Waals surface area (Å²) in [6.45, 7) is 0. The van der Waals surface area contributed by atoms with Crippen molar-refractivity contribution in [3.8, 4) is 11.5 Å². The minimum absolute atomic E-state index is 0.0833. The van der Waals surface area contributed by atoms with Crippen LogP contribution in [0.2, 0.25) is 0 Å². The Balaban J connectivity index is 2.27. The number of benzene rings is 2. The standard InChI is InChI=1S/C13H10F2N2O2/c14-9-2-1-3-10(7-9)19-12-5-4-8(6-11(12)15)13(16)17-18/h1-7,18H,(H2,16,17). The van der Waals surface area contributed by atoms with Crippen molar-refractivity contribution >= 4 is 5.84 Å². The van der Waals surface area contributed by atoms with E-state index in [-0.39, 0.29) is 22.9 Å².